The maximum Gasteiger partial charge on any atom is 0.398 e. The van der Waals surface area contributed by atoms with E-state index in [1.165, 1.54) is 0 Å². The van der Waals surface area contributed by atoms with Gasteiger partial charge in [0.25, 0.3) is 0 Å². The normalized spacial score (nSPS) is 19.0. The summed E-state index contributed by atoms with van der Waals surface area (Å²) in [5.74, 6) is 0. The number of halogens is 5. The maximum absolute atomic E-state index is 12.7. The Kier molecular flexibility index (Phi) is 2.35. The summed E-state index contributed by atoms with van der Waals surface area (Å²) in [7, 11) is 0. The Hall–Kier alpha value is -0.550. The highest BCUT2D eigenvalue weighted by molar-refractivity contribution is 6.31. The molecular weight excluding hydrogens is 252 g/mol. The van der Waals surface area contributed by atoms with Crippen molar-refractivity contribution in [1.82, 2.24) is 10.2 Å². The van der Waals surface area contributed by atoms with Crippen LogP contribution in [0.1, 0.15) is 18.4 Å². The lowest BCUT2D eigenvalue weighted by Crippen LogP contribution is -2.29. The molecule has 0 aliphatic heterocycles. The van der Waals surface area contributed by atoms with Gasteiger partial charge in [-0.25, -0.2) is 0 Å². The number of hydrogen-bond acceptors (Lipinski definition) is 2. The molecule has 2 rings (SSSR count). The van der Waals surface area contributed by atoms with Crippen LogP contribution in [0.3, 0.4) is 0 Å². The quantitative estimate of drug-likeness (QED) is 0.770. The highest BCUT2D eigenvalue weighted by Gasteiger charge is 2.65. The molecule has 1 saturated carbocycles. The van der Waals surface area contributed by atoms with Gasteiger partial charge in [-0.15, -0.1) is 10.2 Å². The molecule has 0 amide bonds. The largest absolute Gasteiger partial charge is 0.398 e. The molecule has 1 fully saturated rings. The second-order valence-corrected chi connectivity index (χ2v) is 4.20. The number of rotatable bonds is 1. The molecule has 7 heteroatoms. The van der Waals surface area contributed by atoms with E-state index in [-0.39, 0.29) is 28.7 Å². The predicted molar refractivity (Wildman–Crippen MR) is 49.0 cm³/mol. The lowest BCUT2D eigenvalue weighted by Gasteiger charge is -2.19. The van der Waals surface area contributed by atoms with Crippen molar-refractivity contribution in [3.8, 4) is 0 Å². The highest BCUT2D eigenvalue weighted by atomic mass is 35.5. The first-order chi connectivity index (χ1) is 6.87. The first-order valence-corrected chi connectivity index (χ1v) is 4.88. The molecule has 0 radical (unpaired) electrons. The summed E-state index contributed by atoms with van der Waals surface area (Å²) < 4.78 is 38.2. The van der Waals surface area contributed by atoms with Crippen molar-refractivity contribution < 1.29 is 13.2 Å². The van der Waals surface area contributed by atoms with Crippen molar-refractivity contribution >= 4 is 23.2 Å². The average molecular weight is 257 g/mol. The molecular formula is C8H5Cl2F3N2. The third-order valence-electron chi connectivity index (χ3n) is 2.53. The molecule has 1 aromatic heterocycles. The lowest BCUT2D eigenvalue weighted by molar-refractivity contribution is -0.160. The Balaban J connectivity index is 2.50. The Morgan fingerprint density at radius 3 is 2.27 bits per heavy atom. The maximum atomic E-state index is 12.7. The molecule has 82 valence electrons. The van der Waals surface area contributed by atoms with Crippen molar-refractivity contribution in [3.05, 3.63) is 21.9 Å². The molecule has 0 bridgehead atoms. The molecule has 1 aromatic rings. The molecule has 0 unspecified atom stereocenters. The molecule has 1 aliphatic carbocycles. The van der Waals surface area contributed by atoms with Crippen molar-refractivity contribution in [2.45, 2.75) is 24.4 Å². The Labute approximate surface area is 93.4 Å². The van der Waals surface area contributed by atoms with Gasteiger partial charge in [-0.05, 0) is 18.9 Å². The molecule has 0 spiro atoms. The first kappa shape index (κ1) is 11.0. The van der Waals surface area contributed by atoms with Gasteiger partial charge in [0, 0.05) is 5.56 Å². The van der Waals surface area contributed by atoms with E-state index in [4.69, 9.17) is 23.2 Å². The van der Waals surface area contributed by atoms with Crippen LogP contribution in [0.25, 0.3) is 0 Å². The fraction of sp³-hybridized carbons (Fsp3) is 0.500. The first-order valence-electron chi connectivity index (χ1n) is 4.13. The highest BCUT2D eigenvalue weighted by Crippen LogP contribution is 2.60. The summed E-state index contributed by atoms with van der Waals surface area (Å²) >= 11 is 11.1. The third kappa shape index (κ3) is 1.67. The second kappa shape index (κ2) is 3.22. The van der Waals surface area contributed by atoms with Gasteiger partial charge in [0.1, 0.15) is 0 Å². The summed E-state index contributed by atoms with van der Waals surface area (Å²) in [5.41, 5.74) is -1.93. The van der Waals surface area contributed by atoms with Crippen LogP contribution < -0.4 is 0 Å². The van der Waals surface area contributed by atoms with Gasteiger partial charge in [0.2, 0.25) is 0 Å². The van der Waals surface area contributed by atoms with Gasteiger partial charge < -0.3 is 0 Å². The van der Waals surface area contributed by atoms with Crippen molar-refractivity contribution in [1.29, 1.82) is 0 Å². The number of hydrogen-bond donors (Lipinski definition) is 0. The van der Waals surface area contributed by atoms with Crippen LogP contribution in [0.4, 0.5) is 13.2 Å². The summed E-state index contributed by atoms with van der Waals surface area (Å²) in [6.45, 7) is 0. The molecule has 1 aliphatic rings. The molecule has 2 nitrogen and oxygen atoms in total. The second-order valence-electron chi connectivity index (χ2n) is 3.45. The molecule has 15 heavy (non-hydrogen) atoms. The van der Waals surface area contributed by atoms with Gasteiger partial charge in [-0.1, -0.05) is 23.2 Å². The van der Waals surface area contributed by atoms with Crippen LogP contribution >= 0.6 is 23.2 Å². The fourth-order valence-electron chi connectivity index (χ4n) is 1.52. The minimum atomic E-state index is -4.32. The van der Waals surface area contributed by atoms with Crippen LogP contribution in [-0.2, 0) is 5.41 Å². The van der Waals surface area contributed by atoms with E-state index >= 15 is 0 Å². The van der Waals surface area contributed by atoms with E-state index in [9.17, 15) is 13.2 Å². The zero-order valence-electron chi connectivity index (χ0n) is 7.28. The monoisotopic (exact) mass is 256 g/mol. The predicted octanol–water partition coefficient (Wildman–Crippen LogP) is 3.38. The van der Waals surface area contributed by atoms with E-state index in [0.717, 1.165) is 6.07 Å². The minimum Gasteiger partial charge on any atom is -0.170 e. The third-order valence-corrected chi connectivity index (χ3v) is 2.99. The van der Waals surface area contributed by atoms with E-state index < -0.39 is 11.6 Å². The molecule has 0 saturated heterocycles. The number of aromatic nitrogens is 2. The van der Waals surface area contributed by atoms with Crippen LogP contribution in [0.5, 0.6) is 0 Å². The molecule has 1 heterocycles. The lowest BCUT2D eigenvalue weighted by atomic mass is 9.98. The van der Waals surface area contributed by atoms with Gasteiger partial charge in [-0.3, -0.25) is 0 Å². The van der Waals surface area contributed by atoms with Gasteiger partial charge in [0.15, 0.2) is 10.3 Å². The van der Waals surface area contributed by atoms with E-state index in [2.05, 4.69) is 10.2 Å². The number of alkyl halides is 3. The van der Waals surface area contributed by atoms with Crippen LogP contribution in [0, 0.1) is 0 Å². The van der Waals surface area contributed by atoms with Crippen molar-refractivity contribution in [2.24, 2.45) is 0 Å². The SMILES string of the molecule is FC(F)(F)C1(c2cc(Cl)nnc2Cl)CC1. The average Bonchev–Trinajstić information content (AvgIpc) is 2.88. The van der Waals surface area contributed by atoms with E-state index in [1.807, 2.05) is 0 Å². The molecule has 0 N–H and O–H groups in total. The Bertz CT molecular complexity index is 401. The van der Waals surface area contributed by atoms with Gasteiger partial charge in [0.05, 0.1) is 5.41 Å². The van der Waals surface area contributed by atoms with Gasteiger partial charge >= 0.3 is 6.18 Å². The zero-order valence-corrected chi connectivity index (χ0v) is 8.79. The van der Waals surface area contributed by atoms with Crippen LogP contribution in [0.15, 0.2) is 6.07 Å². The van der Waals surface area contributed by atoms with Gasteiger partial charge in [-0.2, -0.15) is 13.2 Å². The number of nitrogens with zero attached hydrogens (tertiary/aromatic N) is 2. The smallest absolute Gasteiger partial charge is 0.170 e. The summed E-state index contributed by atoms with van der Waals surface area (Å²) in [4.78, 5) is 0. The topological polar surface area (TPSA) is 25.8 Å². The fourth-order valence-corrected chi connectivity index (χ4v) is 1.94. The summed E-state index contributed by atoms with van der Waals surface area (Å²) in [5, 5.41) is 6.45. The molecule has 0 atom stereocenters. The Morgan fingerprint density at radius 1 is 1.20 bits per heavy atom. The summed E-state index contributed by atoms with van der Waals surface area (Å²) in [6, 6.07) is 1.14. The Morgan fingerprint density at radius 2 is 1.80 bits per heavy atom. The minimum absolute atomic E-state index is 0.0260. The van der Waals surface area contributed by atoms with Crippen molar-refractivity contribution in [3.63, 3.8) is 0 Å². The van der Waals surface area contributed by atoms with E-state index in [0.29, 0.717) is 0 Å². The van der Waals surface area contributed by atoms with E-state index in [1.54, 1.807) is 0 Å². The van der Waals surface area contributed by atoms with Crippen LogP contribution in [0.2, 0.25) is 10.3 Å². The van der Waals surface area contributed by atoms with Crippen molar-refractivity contribution in [2.75, 3.05) is 0 Å². The van der Waals surface area contributed by atoms with Crippen LogP contribution in [-0.4, -0.2) is 16.4 Å². The zero-order chi connectivity index (χ0) is 11.3. The standard InChI is InChI=1S/C8H5Cl2F3N2/c9-5-3-4(6(10)15-14-5)7(1-2-7)8(11,12)13/h3H,1-2H2. The summed E-state index contributed by atoms with van der Waals surface area (Å²) in [6.07, 6.45) is -4.26. The molecule has 0 aromatic carbocycles.